The van der Waals surface area contributed by atoms with E-state index in [1.54, 1.807) is 0 Å². The van der Waals surface area contributed by atoms with Gasteiger partial charge in [0.05, 0.1) is 0 Å². The minimum absolute atomic E-state index is 0.508. The molecule has 0 aliphatic rings. The normalized spacial score (nSPS) is 12.2. The fraction of sp³-hybridized carbons (Fsp3) is 0.400. The fourth-order valence-electron chi connectivity index (χ4n) is 0.435. The third-order valence-electron chi connectivity index (χ3n) is 0.914. The molecule has 0 saturated heterocycles. The average Bonchev–Trinajstić information content (AvgIpc) is 1.88. The van der Waals surface area contributed by atoms with E-state index in [1.807, 2.05) is 0 Å². The Kier molecular flexibility index (Phi) is 3.91. The summed E-state index contributed by atoms with van der Waals surface area (Å²) in [6.07, 6.45) is -1.58. The quantitative estimate of drug-likeness (QED) is 0.520. The molecule has 62 valence electrons. The lowest BCUT2D eigenvalue weighted by Crippen LogP contribution is -2.34. The Balaban J connectivity index is 4.39. The largest absolute Gasteiger partial charge is 0.479 e. The molecule has 0 amide bonds. The van der Waals surface area contributed by atoms with E-state index in [1.165, 1.54) is 0 Å². The number of Topliss-reactive ketones (excluding diaryl/α,β-unsaturated/α-hetero) is 1. The lowest BCUT2D eigenvalue weighted by Gasteiger charge is -2.05. The molecule has 1 atom stereocenters. The van der Waals surface area contributed by atoms with Crippen LogP contribution in [-0.2, 0) is 14.3 Å². The first kappa shape index (κ1) is 10.2. The molecule has 0 fully saturated rings. The van der Waals surface area contributed by atoms with Crippen LogP contribution in [0.25, 0.3) is 0 Å². The number of aliphatic carboxylic acids is 1. The van der Waals surface area contributed by atoms with Crippen molar-refractivity contribution < 1.29 is 19.4 Å². The van der Waals surface area contributed by atoms with Crippen molar-refractivity contribution in [3.8, 4) is 0 Å². The maximum atomic E-state index is 10.7. The molecule has 0 aromatic heterocycles. The zero-order chi connectivity index (χ0) is 9.02. The Bertz CT molecular complexity index is 203. The van der Waals surface area contributed by atoms with Crippen LogP contribution in [0.2, 0.25) is 0 Å². The number of ketones is 1. The maximum absolute atomic E-state index is 10.7. The number of hydrogen-bond donors (Lipinski definition) is 2. The van der Waals surface area contributed by atoms with Crippen molar-refractivity contribution in [2.45, 2.75) is 6.10 Å². The molecule has 0 aliphatic carbocycles. The minimum Gasteiger partial charge on any atom is -0.479 e. The Morgan fingerprint density at radius 2 is 2.09 bits per heavy atom. The highest BCUT2D eigenvalue weighted by molar-refractivity contribution is 9.19. The third kappa shape index (κ3) is 2.77. The number of carbonyl (C=O) groups excluding carboxylic acids is 1. The third-order valence-corrected chi connectivity index (χ3v) is 1.31. The molecule has 0 radical (unpaired) electrons. The second kappa shape index (κ2) is 4.20. The van der Waals surface area contributed by atoms with Crippen molar-refractivity contribution in [1.29, 1.82) is 5.41 Å². The van der Waals surface area contributed by atoms with E-state index >= 15 is 0 Å². The van der Waals surface area contributed by atoms with E-state index in [4.69, 9.17) is 10.5 Å². The van der Waals surface area contributed by atoms with Gasteiger partial charge in [-0.15, -0.1) is 0 Å². The Morgan fingerprint density at radius 1 is 1.64 bits per heavy atom. The van der Waals surface area contributed by atoms with E-state index in [9.17, 15) is 9.59 Å². The summed E-state index contributed by atoms with van der Waals surface area (Å²) < 4.78 is 3.81. The number of nitrogens with one attached hydrogen (secondary N) is 1. The molecule has 0 aliphatic heterocycles. The van der Waals surface area contributed by atoms with Gasteiger partial charge in [0.15, 0.2) is 0 Å². The number of carboxylic acid groups (broad SMARTS) is 1. The first-order valence-electron chi connectivity index (χ1n) is 2.54. The summed E-state index contributed by atoms with van der Waals surface area (Å²) in [6, 6.07) is 0. The monoisotopic (exact) mass is 223 g/mol. The number of hydrogen-bond acceptors (Lipinski definition) is 4. The summed E-state index contributed by atoms with van der Waals surface area (Å²) in [5, 5.41) is 15.1. The van der Waals surface area contributed by atoms with Gasteiger partial charge >= 0.3 is 5.97 Å². The van der Waals surface area contributed by atoms with Gasteiger partial charge < -0.3 is 9.84 Å². The average molecular weight is 224 g/mol. The molecule has 1 unspecified atom stereocenters. The summed E-state index contributed by atoms with van der Waals surface area (Å²) in [7, 11) is 1.09. The molecule has 5 nitrogen and oxygen atoms in total. The summed E-state index contributed by atoms with van der Waals surface area (Å²) in [5.41, 5.74) is 0. The number of ether oxygens (including phenoxy) is 1. The van der Waals surface area contributed by atoms with E-state index in [-0.39, 0.29) is 0 Å². The molecule has 6 heteroatoms. The van der Waals surface area contributed by atoms with Crippen molar-refractivity contribution in [1.82, 2.24) is 0 Å². The van der Waals surface area contributed by atoms with Crippen LogP contribution in [0.4, 0.5) is 0 Å². The van der Waals surface area contributed by atoms with Gasteiger partial charge in [0, 0.05) is 7.11 Å². The first-order chi connectivity index (χ1) is 5.00. The van der Waals surface area contributed by atoms with Gasteiger partial charge in [0.25, 0.3) is 0 Å². The second-order valence-electron chi connectivity index (χ2n) is 1.63. The zero-order valence-electron chi connectivity index (χ0n) is 5.63. The summed E-state index contributed by atoms with van der Waals surface area (Å²) in [5.74, 6) is -2.30. The van der Waals surface area contributed by atoms with Crippen LogP contribution in [0, 0.1) is 5.41 Å². The van der Waals surface area contributed by atoms with Gasteiger partial charge in [-0.25, -0.2) is 4.79 Å². The van der Waals surface area contributed by atoms with Crippen molar-refractivity contribution in [3.05, 3.63) is 0 Å². The SMILES string of the molecule is COC(C(=O)O)C(=O)C(=N)Br. The van der Waals surface area contributed by atoms with Crippen molar-refractivity contribution >= 4 is 32.3 Å². The van der Waals surface area contributed by atoms with Crippen molar-refractivity contribution in [2.75, 3.05) is 7.11 Å². The van der Waals surface area contributed by atoms with Crippen molar-refractivity contribution in [3.63, 3.8) is 0 Å². The number of halogens is 1. The Labute approximate surface area is 71.0 Å². The fourth-order valence-corrected chi connectivity index (χ4v) is 0.643. The van der Waals surface area contributed by atoms with Crippen LogP contribution >= 0.6 is 15.9 Å². The van der Waals surface area contributed by atoms with Gasteiger partial charge in [-0.2, -0.15) is 0 Å². The molecule has 0 aromatic rings. The molecule has 0 spiro atoms. The maximum Gasteiger partial charge on any atom is 0.341 e. The van der Waals surface area contributed by atoms with Gasteiger partial charge in [-0.05, 0) is 15.9 Å². The predicted molar refractivity (Wildman–Crippen MR) is 40.1 cm³/mol. The highest BCUT2D eigenvalue weighted by Gasteiger charge is 2.27. The minimum atomic E-state index is -1.58. The predicted octanol–water partition coefficient (Wildman–Crippen LogP) is 0.0273. The van der Waals surface area contributed by atoms with Gasteiger partial charge in [0.2, 0.25) is 11.9 Å². The zero-order valence-corrected chi connectivity index (χ0v) is 7.21. The molecule has 0 heterocycles. The van der Waals surface area contributed by atoms with Crippen LogP contribution in [0.15, 0.2) is 0 Å². The van der Waals surface area contributed by atoms with Gasteiger partial charge in [-0.3, -0.25) is 10.2 Å². The van der Waals surface area contributed by atoms with Crippen LogP contribution < -0.4 is 0 Å². The number of carbonyl (C=O) groups is 2. The molecule has 0 rings (SSSR count). The lowest BCUT2D eigenvalue weighted by atomic mass is 10.2. The summed E-state index contributed by atoms with van der Waals surface area (Å²) >= 11 is 2.54. The van der Waals surface area contributed by atoms with Crippen LogP contribution in [0.5, 0.6) is 0 Å². The summed E-state index contributed by atoms with van der Waals surface area (Å²) in [6.45, 7) is 0. The number of carboxylic acids is 1. The first-order valence-corrected chi connectivity index (χ1v) is 3.34. The van der Waals surface area contributed by atoms with E-state index < -0.39 is 22.5 Å². The number of rotatable bonds is 4. The van der Waals surface area contributed by atoms with E-state index in [0.717, 1.165) is 7.11 Å². The highest BCUT2D eigenvalue weighted by Crippen LogP contribution is 1.98. The molecular formula is C5H6BrNO4. The van der Waals surface area contributed by atoms with Crippen LogP contribution in [-0.4, -0.2) is 34.7 Å². The lowest BCUT2D eigenvalue weighted by molar-refractivity contribution is -0.151. The molecule has 0 bridgehead atoms. The van der Waals surface area contributed by atoms with Crippen LogP contribution in [0.1, 0.15) is 0 Å². The smallest absolute Gasteiger partial charge is 0.341 e. The molecule has 2 N–H and O–H groups in total. The topological polar surface area (TPSA) is 87.5 Å². The van der Waals surface area contributed by atoms with E-state index in [2.05, 4.69) is 20.7 Å². The van der Waals surface area contributed by atoms with Gasteiger partial charge in [-0.1, -0.05) is 0 Å². The molecule has 0 saturated carbocycles. The molecular weight excluding hydrogens is 218 g/mol. The standard InChI is InChI=1S/C5H6BrNO4/c1-11-3(5(9)10)2(8)4(6)7/h3,7H,1H3,(H,9,10). The molecule has 0 aromatic carbocycles. The Morgan fingerprint density at radius 3 is 2.18 bits per heavy atom. The summed E-state index contributed by atoms with van der Waals surface area (Å²) in [4.78, 5) is 21.0. The van der Waals surface area contributed by atoms with E-state index in [0.29, 0.717) is 0 Å². The Hall–Kier alpha value is -0.750. The second-order valence-corrected chi connectivity index (χ2v) is 2.43. The van der Waals surface area contributed by atoms with Gasteiger partial charge in [0.1, 0.15) is 4.62 Å². The highest BCUT2D eigenvalue weighted by atomic mass is 79.9. The number of methoxy groups -OCH3 is 1. The van der Waals surface area contributed by atoms with Crippen molar-refractivity contribution in [2.24, 2.45) is 0 Å². The molecule has 11 heavy (non-hydrogen) atoms. The van der Waals surface area contributed by atoms with Crippen LogP contribution in [0.3, 0.4) is 0 Å².